The fourth-order valence-electron chi connectivity index (χ4n) is 3.17. The number of carbonyl (C=O) groups excluding carboxylic acids is 1. The molecule has 1 aliphatic heterocycles. The first-order valence-electron chi connectivity index (χ1n) is 8.02. The molecule has 5 heteroatoms. The lowest BCUT2D eigenvalue weighted by Crippen LogP contribution is -2.36. The Morgan fingerprint density at radius 2 is 2.04 bits per heavy atom. The van der Waals surface area contributed by atoms with Gasteiger partial charge in [-0.05, 0) is 49.4 Å². The largest absolute Gasteiger partial charge is 0.336 e. The molecule has 1 fully saturated rings. The molecule has 120 valence electrons. The van der Waals surface area contributed by atoms with Crippen molar-refractivity contribution < 1.29 is 4.79 Å². The van der Waals surface area contributed by atoms with Crippen LogP contribution in [0.15, 0.2) is 47.7 Å². The molecule has 5 nitrogen and oxygen atoms in total. The SMILES string of the molecule is Cn1cc(C(=O)N2CCC[C@@H]2CCc2ccncc2)ccc1=O. The summed E-state index contributed by atoms with van der Waals surface area (Å²) in [6.45, 7) is 0.794. The summed E-state index contributed by atoms with van der Waals surface area (Å²) in [4.78, 5) is 30.2. The zero-order valence-corrected chi connectivity index (χ0v) is 13.3. The van der Waals surface area contributed by atoms with Crippen LogP contribution in [0, 0.1) is 0 Å². The number of nitrogens with zero attached hydrogens (tertiary/aromatic N) is 3. The third-order valence-corrected chi connectivity index (χ3v) is 4.49. The van der Waals surface area contributed by atoms with Gasteiger partial charge in [0.2, 0.25) is 5.56 Å². The van der Waals surface area contributed by atoms with Crippen LogP contribution in [0.4, 0.5) is 0 Å². The van der Waals surface area contributed by atoms with Crippen LogP contribution >= 0.6 is 0 Å². The van der Waals surface area contributed by atoms with Gasteiger partial charge in [0.25, 0.3) is 5.91 Å². The standard InChI is InChI=1S/C18H21N3O2/c1-20-13-15(5-7-17(20)22)18(23)21-12-2-3-16(21)6-4-14-8-10-19-11-9-14/h5,7-11,13,16H,2-4,6,12H2,1H3/t16-/m1/s1. The van der Waals surface area contributed by atoms with Crippen LogP contribution in [0.2, 0.25) is 0 Å². The average molecular weight is 311 g/mol. The van der Waals surface area contributed by atoms with Gasteiger partial charge in [-0.25, -0.2) is 0 Å². The minimum atomic E-state index is -0.0998. The van der Waals surface area contributed by atoms with Crippen molar-refractivity contribution in [3.8, 4) is 0 Å². The maximum absolute atomic E-state index is 12.7. The maximum Gasteiger partial charge on any atom is 0.255 e. The summed E-state index contributed by atoms with van der Waals surface area (Å²) < 4.78 is 1.45. The second-order valence-corrected chi connectivity index (χ2v) is 6.06. The molecule has 1 amide bonds. The van der Waals surface area contributed by atoms with E-state index in [1.165, 1.54) is 16.2 Å². The highest BCUT2D eigenvalue weighted by atomic mass is 16.2. The van der Waals surface area contributed by atoms with Crippen LogP contribution < -0.4 is 5.56 Å². The van der Waals surface area contributed by atoms with Crippen LogP contribution in [0.5, 0.6) is 0 Å². The van der Waals surface area contributed by atoms with Crippen molar-refractivity contribution in [2.45, 2.75) is 31.7 Å². The highest BCUT2D eigenvalue weighted by Gasteiger charge is 2.29. The van der Waals surface area contributed by atoms with Crippen molar-refractivity contribution in [2.24, 2.45) is 7.05 Å². The average Bonchev–Trinajstić information content (AvgIpc) is 3.04. The number of amides is 1. The molecule has 0 radical (unpaired) electrons. The van der Waals surface area contributed by atoms with Crippen molar-refractivity contribution in [3.63, 3.8) is 0 Å². The second-order valence-electron chi connectivity index (χ2n) is 6.06. The Labute approximate surface area is 135 Å². The number of carbonyl (C=O) groups is 1. The van der Waals surface area contributed by atoms with E-state index in [2.05, 4.69) is 4.98 Å². The Morgan fingerprint density at radius 3 is 2.78 bits per heavy atom. The van der Waals surface area contributed by atoms with Gasteiger partial charge in [-0.1, -0.05) is 0 Å². The van der Waals surface area contributed by atoms with Gasteiger partial charge in [-0.3, -0.25) is 14.6 Å². The topological polar surface area (TPSA) is 55.2 Å². The van der Waals surface area contributed by atoms with E-state index >= 15 is 0 Å². The molecule has 0 saturated carbocycles. The van der Waals surface area contributed by atoms with Gasteiger partial charge in [0.15, 0.2) is 0 Å². The number of likely N-dealkylation sites (tertiary alicyclic amines) is 1. The minimum Gasteiger partial charge on any atom is -0.336 e. The van der Waals surface area contributed by atoms with Crippen LogP contribution in [-0.4, -0.2) is 32.9 Å². The summed E-state index contributed by atoms with van der Waals surface area (Å²) in [5.74, 6) is 0.0258. The molecule has 23 heavy (non-hydrogen) atoms. The van der Waals surface area contributed by atoms with Crippen LogP contribution in [-0.2, 0) is 13.5 Å². The molecule has 1 atom stereocenters. The zero-order valence-electron chi connectivity index (χ0n) is 13.3. The molecular weight excluding hydrogens is 290 g/mol. The van der Waals surface area contributed by atoms with Gasteiger partial charge in [0, 0.05) is 44.3 Å². The predicted molar refractivity (Wildman–Crippen MR) is 88.3 cm³/mol. The molecule has 0 bridgehead atoms. The van der Waals surface area contributed by atoms with Gasteiger partial charge in [0.1, 0.15) is 0 Å². The first-order chi connectivity index (χ1) is 11.1. The van der Waals surface area contributed by atoms with Crippen molar-refractivity contribution in [3.05, 3.63) is 64.3 Å². The third kappa shape index (κ3) is 3.50. The summed E-state index contributed by atoms with van der Waals surface area (Å²) in [6.07, 6.45) is 9.23. The van der Waals surface area contributed by atoms with Gasteiger partial charge >= 0.3 is 0 Å². The van der Waals surface area contributed by atoms with Crippen LogP contribution in [0.25, 0.3) is 0 Å². The Hall–Kier alpha value is -2.43. The fraction of sp³-hybridized carbons (Fsp3) is 0.389. The van der Waals surface area contributed by atoms with Gasteiger partial charge in [-0.2, -0.15) is 0 Å². The lowest BCUT2D eigenvalue weighted by atomic mass is 10.0. The van der Waals surface area contributed by atoms with Crippen molar-refractivity contribution in [1.29, 1.82) is 0 Å². The highest BCUT2D eigenvalue weighted by Crippen LogP contribution is 2.23. The first kappa shape index (κ1) is 15.5. The molecule has 0 N–H and O–H groups in total. The smallest absolute Gasteiger partial charge is 0.255 e. The number of hydrogen-bond acceptors (Lipinski definition) is 3. The molecule has 3 heterocycles. The molecule has 0 aliphatic carbocycles. The van der Waals surface area contributed by atoms with E-state index in [0.717, 1.165) is 32.2 Å². The molecule has 1 aliphatic rings. The molecule has 2 aromatic rings. The molecule has 2 aromatic heterocycles. The summed E-state index contributed by atoms with van der Waals surface area (Å²) in [6, 6.07) is 7.40. The van der Waals surface area contributed by atoms with E-state index in [4.69, 9.17) is 0 Å². The van der Waals surface area contributed by atoms with E-state index < -0.39 is 0 Å². The molecule has 0 spiro atoms. The Morgan fingerprint density at radius 1 is 1.26 bits per heavy atom. The Bertz CT molecular complexity index is 739. The summed E-state index contributed by atoms with van der Waals surface area (Å²) >= 11 is 0. The fourth-order valence-corrected chi connectivity index (χ4v) is 3.17. The number of aromatic nitrogens is 2. The first-order valence-corrected chi connectivity index (χ1v) is 8.02. The highest BCUT2D eigenvalue weighted by molar-refractivity contribution is 5.94. The van der Waals surface area contributed by atoms with Gasteiger partial charge in [0.05, 0.1) is 5.56 Å². The van der Waals surface area contributed by atoms with E-state index in [0.29, 0.717) is 5.56 Å². The molecule has 0 unspecified atom stereocenters. The van der Waals surface area contributed by atoms with E-state index in [9.17, 15) is 9.59 Å². The van der Waals surface area contributed by atoms with E-state index in [1.54, 1.807) is 31.7 Å². The molecule has 3 rings (SSSR count). The quantitative estimate of drug-likeness (QED) is 0.868. The van der Waals surface area contributed by atoms with Crippen LogP contribution in [0.3, 0.4) is 0 Å². The molecular formula is C18H21N3O2. The normalized spacial score (nSPS) is 17.4. The maximum atomic E-state index is 12.7. The number of hydrogen-bond donors (Lipinski definition) is 0. The van der Waals surface area contributed by atoms with Crippen molar-refractivity contribution in [1.82, 2.24) is 14.5 Å². The summed E-state index contributed by atoms with van der Waals surface area (Å²) in [7, 11) is 1.67. The number of aryl methyl sites for hydroxylation is 2. The van der Waals surface area contributed by atoms with E-state index in [1.807, 2.05) is 17.0 Å². The monoisotopic (exact) mass is 311 g/mol. The third-order valence-electron chi connectivity index (χ3n) is 4.49. The predicted octanol–water partition coefficient (Wildman–Crippen LogP) is 2.02. The van der Waals surface area contributed by atoms with Crippen LogP contribution in [0.1, 0.15) is 35.2 Å². The Balaban J connectivity index is 1.69. The molecule has 0 aromatic carbocycles. The summed E-state index contributed by atoms with van der Waals surface area (Å²) in [5, 5.41) is 0. The second kappa shape index (κ2) is 6.77. The minimum absolute atomic E-state index is 0.0258. The molecule has 1 saturated heterocycles. The lowest BCUT2D eigenvalue weighted by molar-refractivity contribution is 0.0729. The van der Waals surface area contributed by atoms with Crippen molar-refractivity contribution >= 4 is 5.91 Å². The summed E-state index contributed by atoms with van der Waals surface area (Å²) in [5.41, 5.74) is 1.74. The van der Waals surface area contributed by atoms with Gasteiger partial charge in [-0.15, -0.1) is 0 Å². The number of pyridine rings is 2. The lowest BCUT2D eigenvalue weighted by Gasteiger charge is -2.25. The Kier molecular flexibility index (Phi) is 4.55. The van der Waals surface area contributed by atoms with Gasteiger partial charge < -0.3 is 9.47 Å². The van der Waals surface area contributed by atoms with E-state index in [-0.39, 0.29) is 17.5 Å². The van der Waals surface area contributed by atoms with Crippen molar-refractivity contribution in [2.75, 3.05) is 6.54 Å². The number of rotatable bonds is 4. The zero-order chi connectivity index (χ0) is 16.2.